The predicted octanol–water partition coefficient (Wildman–Crippen LogP) is -0.325. The van der Waals surface area contributed by atoms with Crippen LogP contribution in [0.4, 0.5) is 4.79 Å². The van der Waals surface area contributed by atoms with E-state index in [4.69, 9.17) is 5.73 Å². The molecule has 78 valence electrons. The maximum atomic E-state index is 11.3. The molecule has 0 aromatic rings. The van der Waals surface area contributed by atoms with Crippen LogP contribution in [-0.2, 0) is 4.79 Å². The number of nitrogens with two attached hydrogens (primary N) is 1. The Hall–Kier alpha value is -1.85. The van der Waals surface area contributed by atoms with Crippen LogP contribution in [0.5, 0.6) is 0 Å². The minimum Gasteiger partial charge on any atom is -0.390 e. The monoisotopic (exact) mass is 198 g/mol. The summed E-state index contributed by atoms with van der Waals surface area (Å²) in [4.78, 5) is 26.3. The van der Waals surface area contributed by atoms with E-state index in [1.807, 2.05) is 0 Å². The fourth-order valence-electron chi connectivity index (χ4n) is 0.783. The second-order valence-electron chi connectivity index (χ2n) is 2.34. The highest BCUT2D eigenvalue weighted by Gasteiger charge is 2.10. The van der Waals surface area contributed by atoms with Gasteiger partial charge in [0.15, 0.2) is 0 Å². The van der Waals surface area contributed by atoms with E-state index in [0.29, 0.717) is 12.1 Å². The zero-order valence-corrected chi connectivity index (χ0v) is 8.23. The molecule has 2 amide bonds. The number of urea groups is 1. The Balaban J connectivity index is 4.35. The first-order valence-corrected chi connectivity index (χ1v) is 4.03. The van der Waals surface area contributed by atoms with Crippen LogP contribution in [0.3, 0.4) is 0 Å². The zero-order valence-electron chi connectivity index (χ0n) is 8.23. The number of nitrogens with one attached hydrogen (secondary N) is 1. The van der Waals surface area contributed by atoms with Crippen LogP contribution in [-0.4, -0.2) is 37.1 Å². The lowest BCUT2D eigenvalue weighted by molar-refractivity contribution is -0.107. The van der Waals surface area contributed by atoms with Crippen LogP contribution in [0.1, 0.15) is 6.92 Å². The van der Waals surface area contributed by atoms with Gasteiger partial charge in [-0.25, -0.2) is 9.79 Å². The number of carbonyl (C=O) groups excluding carboxylic acids is 2. The van der Waals surface area contributed by atoms with E-state index in [9.17, 15) is 9.59 Å². The average Bonchev–Trinajstić information content (AvgIpc) is 2.21. The van der Waals surface area contributed by atoms with Crippen LogP contribution < -0.4 is 11.1 Å². The van der Waals surface area contributed by atoms with Crippen molar-refractivity contribution in [2.24, 2.45) is 10.7 Å². The van der Waals surface area contributed by atoms with Gasteiger partial charge >= 0.3 is 6.03 Å². The van der Waals surface area contributed by atoms with Gasteiger partial charge < -0.3 is 15.8 Å². The van der Waals surface area contributed by atoms with Crippen molar-refractivity contribution >= 4 is 18.7 Å². The molecule has 0 aromatic heterocycles. The highest BCUT2D eigenvalue weighted by atomic mass is 16.2. The third-order valence-corrected chi connectivity index (χ3v) is 1.45. The van der Waals surface area contributed by atoms with Gasteiger partial charge in [-0.1, -0.05) is 0 Å². The molecule has 6 heteroatoms. The number of hydrogen-bond acceptors (Lipinski definition) is 3. The molecule has 0 bridgehead atoms. The normalized spacial score (nSPS) is 11.4. The summed E-state index contributed by atoms with van der Waals surface area (Å²) in [5, 5.41) is 2.37. The van der Waals surface area contributed by atoms with Crippen molar-refractivity contribution in [3.63, 3.8) is 0 Å². The molecule has 6 nitrogen and oxygen atoms in total. The van der Waals surface area contributed by atoms with Gasteiger partial charge in [0.05, 0.1) is 12.9 Å². The third-order valence-electron chi connectivity index (χ3n) is 1.45. The Morgan fingerprint density at radius 2 is 2.29 bits per heavy atom. The van der Waals surface area contributed by atoms with Gasteiger partial charge in [-0.2, -0.15) is 0 Å². The van der Waals surface area contributed by atoms with Gasteiger partial charge in [-0.05, 0) is 13.0 Å². The van der Waals surface area contributed by atoms with Gasteiger partial charge in [-0.15, -0.1) is 0 Å². The van der Waals surface area contributed by atoms with Gasteiger partial charge in [0.1, 0.15) is 12.1 Å². The Kier molecular flexibility index (Phi) is 5.77. The van der Waals surface area contributed by atoms with Crippen LogP contribution in [0.25, 0.3) is 0 Å². The Labute approximate surface area is 82.5 Å². The number of aldehydes is 1. The molecule has 0 saturated heterocycles. The Bertz CT molecular complexity index is 260. The molecule has 0 aromatic carbocycles. The zero-order chi connectivity index (χ0) is 11.0. The van der Waals surface area contributed by atoms with Crippen molar-refractivity contribution in [3.8, 4) is 0 Å². The largest absolute Gasteiger partial charge is 0.390 e. The summed E-state index contributed by atoms with van der Waals surface area (Å²) in [5.41, 5.74) is 5.10. The predicted molar refractivity (Wildman–Crippen MR) is 53.7 cm³/mol. The second kappa shape index (κ2) is 6.64. The van der Waals surface area contributed by atoms with Crippen molar-refractivity contribution in [2.45, 2.75) is 6.92 Å². The lowest BCUT2D eigenvalue weighted by atomic mass is 10.5. The molecular formula is C8H14N4O2. The molecule has 14 heavy (non-hydrogen) atoms. The molecule has 3 N–H and O–H groups in total. The Morgan fingerprint density at radius 3 is 2.71 bits per heavy atom. The second-order valence-corrected chi connectivity index (χ2v) is 2.34. The number of amides is 2. The number of allylic oxidation sites excluding steroid dienone is 1. The summed E-state index contributed by atoms with van der Waals surface area (Å²) >= 11 is 0. The summed E-state index contributed by atoms with van der Waals surface area (Å²) in [7, 11) is 1.53. The van der Waals surface area contributed by atoms with Gasteiger partial charge in [0, 0.05) is 7.05 Å². The van der Waals surface area contributed by atoms with Crippen molar-refractivity contribution < 1.29 is 9.59 Å². The van der Waals surface area contributed by atoms with Crippen molar-refractivity contribution in [3.05, 3.63) is 11.9 Å². The van der Waals surface area contributed by atoms with E-state index in [1.54, 1.807) is 13.0 Å². The van der Waals surface area contributed by atoms with E-state index in [-0.39, 0.29) is 6.54 Å². The third kappa shape index (κ3) is 3.70. The number of hydrogen-bond donors (Lipinski definition) is 2. The molecule has 0 heterocycles. The highest BCUT2D eigenvalue weighted by molar-refractivity contribution is 5.78. The molecule has 0 rings (SSSR count). The van der Waals surface area contributed by atoms with Crippen LogP contribution in [0.2, 0.25) is 0 Å². The van der Waals surface area contributed by atoms with Crippen molar-refractivity contribution in [2.75, 3.05) is 13.6 Å². The summed E-state index contributed by atoms with van der Waals surface area (Å²) in [6, 6.07) is -0.407. The molecule has 0 atom stereocenters. The number of nitrogens with zero attached hydrogens (tertiary/aromatic N) is 2. The summed E-state index contributed by atoms with van der Waals surface area (Å²) in [6.45, 7) is 1.71. The fourth-order valence-corrected chi connectivity index (χ4v) is 0.783. The molecule has 0 aliphatic heterocycles. The summed E-state index contributed by atoms with van der Waals surface area (Å²) < 4.78 is 0. The van der Waals surface area contributed by atoms with E-state index >= 15 is 0 Å². The SMILES string of the molecule is C/C=C(/N=CN)N(C)C(=O)NCC=O. The molecule has 0 saturated carbocycles. The van der Waals surface area contributed by atoms with Crippen LogP contribution >= 0.6 is 0 Å². The maximum Gasteiger partial charge on any atom is 0.323 e. The minimum absolute atomic E-state index is 0.0213. The smallest absolute Gasteiger partial charge is 0.323 e. The maximum absolute atomic E-state index is 11.3. The Morgan fingerprint density at radius 1 is 1.64 bits per heavy atom. The topological polar surface area (TPSA) is 87.8 Å². The first-order chi connectivity index (χ1) is 6.67. The van der Waals surface area contributed by atoms with E-state index in [0.717, 1.165) is 6.34 Å². The van der Waals surface area contributed by atoms with E-state index in [2.05, 4.69) is 10.3 Å². The first kappa shape index (κ1) is 12.2. The van der Waals surface area contributed by atoms with Crippen molar-refractivity contribution in [1.29, 1.82) is 0 Å². The number of aliphatic imine (C=N–C) groups is 1. The van der Waals surface area contributed by atoms with Crippen LogP contribution in [0.15, 0.2) is 16.9 Å². The molecule has 0 fully saturated rings. The molecule has 0 spiro atoms. The lowest BCUT2D eigenvalue weighted by Crippen LogP contribution is -2.37. The van der Waals surface area contributed by atoms with Gasteiger partial charge in [0.2, 0.25) is 0 Å². The van der Waals surface area contributed by atoms with Gasteiger partial charge in [-0.3, -0.25) is 4.90 Å². The fraction of sp³-hybridized carbons (Fsp3) is 0.375. The molecule has 0 aliphatic carbocycles. The van der Waals surface area contributed by atoms with E-state index in [1.165, 1.54) is 11.9 Å². The lowest BCUT2D eigenvalue weighted by Gasteiger charge is -2.16. The quantitative estimate of drug-likeness (QED) is 0.368. The number of carbonyl (C=O) groups is 2. The average molecular weight is 198 g/mol. The number of rotatable bonds is 4. The molecule has 0 unspecified atom stereocenters. The van der Waals surface area contributed by atoms with E-state index < -0.39 is 6.03 Å². The molecule has 0 radical (unpaired) electrons. The minimum atomic E-state index is -0.407. The highest BCUT2D eigenvalue weighted by Crippen LogP contribution is 2.01. The van der Waals surface area contributed by atoms with Gasteiger partial charge in [0.25, 0.3) is 0 Å². The summed E-state index contributed by atoms with van der Waals surface area (Å²) in [5.74, 6) is 0.413. The van der Waals surface area contributed by atoms with Crippen LogP contribution in [0, 0.1) is 0 Å². The van der Waals surface area contributed by atoms with Crippen molar-refractivity contribution in [1.82, 2.24) is 10.2 Å². The first-order valence-electron chi connectivity index (χ1n) is 4.03. The molecular weight excluding hydrogens is 184 g/mol. The molecule has 0 aliphatic rings. The summed E-state index contributed by atoms with van der Waals surface area (Å²) in [6.07, 6.45) is 3.33. The standard InChI is InChI=1S/C8H14N4O2/c1-3-7(11-6-9)12(2)8(14)10-4-5-13/h3,5-6H,4H2,1-2H3,(H2,9,11)(H,10,14)/b7-3-.